The van der Waals surface area contributed by atoms with Gasteiger partial charge in [-0.2, -0.15) is 0 Å². The van der Waals surface area contributed by atoms with Crippen molar-refractivity contribution in [2.45, 2.75) is 43.8 Å². The van der Waals surface area contributed by atoms with Gasteiger partial charge in [0.1, 0.15) is 0 Å². The molecular formula is C22H24ClN5OS. The second-order valence-electron chi connectivity index (χ2n) is 7.58. The molecule has 1 amide bonds. The Morgan fingerprint density at radius 1 is 1.20 bits per heavy atom. The molecule has 0 aliphatic heterocycles. The molecule has 1 fully saturated rings. The maximum atomic E-state index is 12.6. The number of nitrogens with zero attached hydrogens (tertiary/aromatic N) is 4. The van der Waals surface area contributed by atoms with Crippen molar-refractivity contribution in [2.24, 2.45) is 5.92 Å². The molecule has 1 aromatic carbocycles. The highest BCUT2D eigenvalue weighted by molar-refractivity contribution is 7.99. The van der Waals surface area contributed by atoms with E-state index in [0.717, 1.165) is 17.7 Å². The van der Waals surface area contributed by atoms with E-state index in [-0.39, 0.29) is 17.7 Å². The number of halogens is 1. The summed E-state index contributed by atoms with van der Waals surface area (Å²) < 4.78 is 1.93. The molecule has 0 unspecified atom stereocenters. The van der Waals surface area contributed by atoms with E-state index in [4.69, 9.17) is 11.6 Å². The third-order valence-electron chi connectivity index (χ3n) is 5.43. The monoisotopic (exact) mass is 441 g/mol. The standard InChI is InChI=1S/C22H24ClN5OS/c1-15-5-2-3-8-19(15)25-20(29)14-30-22-27-26-21(16-9-11-24-12-10-16)28(22)18-7-4-6-17(23)13-18/h4,6-7,9-13,15,19H,2-3,5,8,14H2,1H3,(H,25,29)/t15-,19-/m0/s1. The summed E-state index contributed by atoms with van der Waals surface area (Å²) in [5.74, 6) is 1.53. The Hall–Kier alpha value is -2.38. The number of hydrogen-bond acceptors (Lipinski definition) is 5. The number of aromatic nitrogens is 4. The van der Waals surface area contributed by atoms with Crippen molar-refractivity contribution in [1.29, 1.82) is 0 Å². The third kappa shape index (κ3) is 4.84. The van der Waals surface area contributed by atoms with Gasteiger partial charge in [-0.25, -0.2) is 0 Å². The zero-order valence-electron chi connectivity index (χ0n) is 16.8. The molecule has 1 aliphatic carbocycles. The van der Waals surface area contributed by atoms with Crippen molar-refractivity contribution < 1.29 is 4.79 Å². The molecule has 1 N–H and O–H groups in total. The van der Waals surface area contributed by atoms with Gasteiger partial charge < -0.3 is 5.32 Å². The van der Waals surface area contributed by atoms with Crippen LogP contribution in [0.25, 0.3) is 17.1 Å². The predicted molar refractivity (Wildman–Crippen MR) is 120 cm³/mol. The number of thioether (sulfide) groups is 1. The summed E-state index contributed by atoms with van der Waals surface area (Å²) in [5, 5.41) is 13.2. The van der Waals surface area contributed by atoms with Crippen LogP contribution in [0.3, 0.4) is 0 Å². The number of hydrogen-bond donors (Lipinski definition) is 1. The Bertz CT molecular complexity index is 1010. The molecular weight excluding hydrogens is 418 g/mol. The Balaban J connectivity index is 1.56. The number of amides is 1. The average Bonchev–Trinajstić information content (AvgIpc) is 3.18. The van der Waals surface area contributed by atoms with E-state index >= 15 is 0 Å². The molecule has 0 spiro atoms. The molecule has 0 saturated heterocycles. The summed E-state index contributed by atoms with van der Waals surface area (Å²) >= 11 is 7.61. The van der Waals surface area contributed by atoms with Gasteiger partial charge in [0.25, 0.3) is 0 Å². The van der Waals surface area contributed by atoms with E-state index in [1.807, 2.05) is 41.0 Å². The van der Waals surface area contributed by atoms with E-state index < -0.39 is 0 Å². The summed E-state index contributed by atoms with van der Waals surface area (Å²) in [6.45, 7) is 2.22. The largest absolute Gasteiger partial charge is 0.352 e. The molecule has 2 aromatic heterocycles. The molecule has 0 radical (unpaired) electrons. The van der Waals surface area contributed by atoms with Crippen LogP contribution in [-0.2, 0) is 4.79 Å². The van der Waals surface area contributed by atoms with Crippen LogP contribution in [0, 0.1) is 5.92 Å². The molecule has 2 atom stereocenters. The normalized spacial score (nSPS) is 18.9. The lowest BCUT2D eigenvalue weighted by Gasteiger charge is -2.29. The van der Waals surface area contributed by atoms with Crippen LogP contribution in [0.15, 0.2) is 53.9 Å². The van der Waals surface area contributed by atoms with Crippen LogP contribution in [0.1, 0.15) is 32.6 Å². The fraction of sp³-hybridized carbons (Fsp3) is 0.364. The van der Waals surface area contributed by atoms with E-state index in [1.54, 1.807) is 12.4 Å². The van der Waals surface area contributed by atoms with Crippen molar-refractivity contribution in [3.05, 3.63) is 53.8 Å². The van der Waals surface area contributed by atoms with Gasteiger partial charge in [0.2, 0.25) is 5.91 Å². The van der Waals surface area contributed by atoms with Crippen LogP contribution in [0.5, 0.6) is 0 Å². The molecule has 30 heavy (non-hydrogen) atoms. The maximum Gasteiger partial charge on any atom is 0.230 e. The van der Waals surface area contributed by atoms with E-state index in [9.17, 15) is 4.79 Å². The second-order valence-corrected chi connectivity index (χ2v) is 8.96. The lowest BCUT2D eigenvalue weighted by atomic mass is 9.86. The fourth-order valence-corrected chi connectivity index (χ4v) is 4.76. The fourth-order valence-electron chi connectivity index (χ4n) is 3.81. The number of benzene rings is 1. The molecule has 8 heteroatoms. The van der Waals surface area contributed by atoms with Crippen molar-refractivity contribution in [3.63, 3.8) is 0 Å². The molecule has 1 aliphatic rings. The molecule has 0 bridgehead atoms. The summed E-state index contributed by atoms with van der Waals surface area (Å²) in [6.07, 6.45) is 8.11. The van der Waals surface area contributed by atoms with E-state index in [1.165, 1.54) is 31.0 Å². The first-order chi connectivity index (χ1) is 14.6. The minimum Gasteiger partial charge on any atom is -0.352 e. The van der Waals surface area contributed by atoms with Crippen molar-refractivity contribution in [3.8, 4) is 17.1 Å². The molecule has 6 nitrogen and oxygen atoms in total. The highest BCUT2D eigenvalue weighted by Gasteiger charge is 2.23. The quantitative estimate of drug-likeness (QED) is 0.558. The summed E-state index contributed by atoms with van der Waals surface area (Å²) in [5.41, 5.74) is 1.74. The average molecular weight is 442 g/mol. The SMILES string of the molecule is C[C@H]1CCCC[C@@H]1NC(=O)CSc1nnc(-c2ccncc2)n1-c1cccc(Cl)c1. The minimum atomic E-state index is 0.0323. The molecule has 4 rings (SSSR count). The number of carbonyl (C=O) groups is 1. The van der Waals surface area contributed by atoms with Gasteiger partial charge >= 0.3 is 0 Å². The van der Waals surface area contributed by atoms with Crippen LogP contribution in [0.2, 0.25) is 5.02 Å². The van der Waals surface area contributed by atoms with Gasteiger partial charge in [-0.3, -0.25) is 14.3 Å². The maximum absolute atomic E-state index is 12.6. The van der Waals surface area contributed by atoms with Crippen LogP contribution in [0.4, 0.5) is 0 Å². The van der Waals surface area contributed by atoms with Gasteiger partial charge in [-0.15, -0.1) is 10.2 Å². The van der Waals surface area contributed by atoms with Gasteiger partial charge in [0.15, 0.2) is 11.0 Å². The molecule has 1 saturated carbocycles. The van der Waals surface area contributed by atoms with E-state index in [2.05, 4.69) is 27.4 Å². The number of carbonyl (C=O) groups excluding carboxylic acids is 1. The number of rotatable bonds is 6. The zero-order valence-corrected chi connectivity index (χ0v) is 18.4. The highest BCUT2D eigenvalue weighted by Crippen LogP contribution is 2.29. The summed E-state index contributed by atoms with van der Waals surface area (Å²) in [7, 11) is 0. The third-order valence-corrected chi connectivity index (χ3v) is 6.59. The summed E-state index contributed by atoms with van der Waals surface area (Å²) in [4.78, 5) is 16.7. The van der Waals surface area contributed by atoms with Crippen molar-refractivity contribution in [1.82, 2.24) is 25.1 Å². The Labute approximate surface area is 185 Å². The first-order valence-corrected chi connectivity index (χ1v) is 11.5. The van der Waals surface area contributed by atoms with Gasteiger partial charge in [0.05, 0.1) is 11.4 Å². The second kappa shape index (κ2) is 9.62. The lowest BCUT2D eigenvalue weighted by Crippen LogP contribution is -2.41. The van der Waals surface area contributed by atoms with Crippen molar-refractivity contribution >= 4 is 29.3 Å². The first-order valence-electron chi connectivity index (χ1n) is 10.2. The molecule has 156 valence electrons. The van der Waals surface area contributed by atoms with Crippen molar-refractivity contribution in [2.75, 3.05) is 5.75 Å². The Kier molecular flexibility index (Phi) is 6.69. The molecule has 3 aromatic rings. The minimum absolute atomic E-state index is 0.0323. The number of pyridine rings is 1. The Morgan fingerprint density at radius 3 is 2.77 bits per heavy atom. The van der Waals surface area contributed by atoms with Crippen LogP contribution < -0.4 is 5.32 Å². The van der Waals surface area contributed by atoms with E-state index in [0.29, 0.717) is 21.9 Å². The van der Waals surface area contributed by atoms with Crippen LogP contribution >= 0.6 is 23.4 Å². The topological polar surface area (TPSA) is 72.7 Å². The van der Waals surface area contributed by atoms with Gasteiger partial charge in [-0.1, -0.05) is 49.2 Å². The van der Waals surface area contributed by atoms with Gasteiger partial charge in [-0.05, 0) is 49.1 Å². The summed E-state index contributed by atoms with van der Waals surface area (Å²) in [6, 6.07) is 11.6. The smallest absolute Gasteiger partial charge is 0.230 e. The molecule has 2 heterocycles. The highest BCUT2D eigenvalue weighted by atomic mass is 35.5. The first kappa shape index (κ1) is 20.9. The van der Waals surface area contributed by atoms with Gasteiger partial charge in [0, 0.05) is 29.0 Å². The van der Waals surface area contributed by atoms with Crippen LogP contribution in [-0.4, -0.2) is 37.5 Å². The lowest BCUT2D eigenvalue weighted by molar-refractivity contribution is -0.119. The number of nitrogens with one attached hydrogen (secondary N) is 1. The Morgan fingerprint density at radius 2 is 2.00 bits per heavy atom. The predicted octanol–water partition coefficient (Wildman–Crippen LogP) is 4.77. The zero-order chi connectivity index (χ0) is 20.9.